The molecule has 1 aromatic heterocycles. The van der Waals surface area contributed by atoms with Gasteiger partial charge in [0.05, 0.1) is 5.69 Å². The summed E-state index contributed by atoms with van der Waals surface area (Å²) in [6, 6.07) is 0.157. The molecule has 0 saturated heterocycles. The first kappa shape index (κ1) is 15.2. The Balaban J connectivity index is 2.34. The molecule has 104 valence electrons. The molecule has 1 atom stereocenters. The van der Waals surface area contributed by atoms with Crippen LogP contribution in [0.15, 0.2) is 0 Å². The van der Waals surface area contributed by atoms with Crippen molar-refractivity contribution in [3.63, 3.8) is 0 Å². The molecular formula is C15H29N3. The molecule has 1 unspecified atom stereocenters. The lowest BCUT2D eigenvalue weighted by Crippen LogP contribution is -2.12. The summed E-state index contributed by atoms with van der Waals surface area (Å²) in [6.45, 7) is 6.42. The normalized spacial score (nSPS) is 12.9. The summed E-state index contributed by atoms with van der Waals surface area (Å²) >= 11 is 0. The van der Waals surface area contributed by atoms with E-state index in [1.165, 1.54) is 49.8 Å². The Hall–Kier alpha value is -0.830. The second-order valence-corrected chi connectivity index (χ2v) is 5.37. The molecule has 0 saturated carbocycles. The molecule has 0 amide bonds. The molecule has 2 N–H and O–H groups in total. The van der Waals surface area contributed by atoms with E-state index in [-0.39, 0.29) is 6.04 Å². The van der Waals surface area contributed by atoms with Crippen LogP contribution in [0.5, 0.6) is 0 Å². The largest absolute Gasteiger partial charge is 0.324 e. The minimum Gasteiger partial charge on any atom is -0.324 e. The molecule has 0 aliphatic rings. The van der Waals surface area contributed by atoms with Gasteiger partial charge in [0.25, 0.3) is 0 Å². The number of hydrogen-bond acceptors (Lipinski definition) is 2. The van der Waals surface area contributed by atoms with E-state index in [2.05, 4.69) is 25.9 Å². The molecule has 0 bridgehead atoms. The van der Waals surface area contributed by atoms with Crippen molar-refractivity contribution in [1.82, 2.24) is 9.78 Å². The zero-order valence-corrected chi connectivity index (χ0v) is 12.5. The van der Waals surface area contributed by atoms with Gasteiger partial charge in [-0.25, -0.2) is 0 Å². The van der Waals surface area contributed by atoms with Crippen LogP contribution in [0.2, 0.25) is 0 Å². The van der Waals surface area contributed by atoms with Crippen molar-refractivity contribution < 1.29 is 0 Å². The Morgan fingerprint density at radius 3 is 2.28 bits per heavy atom. The molecule has 0 fully saturated rings. The second kappa shape index (κ2) is 7.57. The third-order valence-electron chi connectivity index (χ3n) is 3.80. The molecule has 1 aromatic rings. The van der Waals surface area contributed by atoms with Gasteiger partial charge < -0.3 is 5.73 Å². The van der Waals surface area contributed by atoms with Crippen molar-refractivity contribution in [3.8, 4) is 0 Å². The van der Waals surface area contributed by atoms with E-state index in [1.807, 2.05) is 11.7 Å². The van der Waals surface area contributed by atoms with E-state index in [0.717, 1.165) is 12.1 Å². The number of hydrogen-bond donors (Lipinski definition) is 1. The monoisotopic (exact) mass is 251 g/mol. The highest BCUT2D eigenvalue weighted by Gasteiger charge is 2.15. The van der Waals surface area contributed by atoms with Crippen LogP contribution in [-0.2, 0) is 7.05 Å². The van der Waals surface area contributed by atoms with Gasteiger partial charge in [0.2, 0.25) is 0 Å². The Kier molecular flexibility index (Phi) is 6.41. The maximum atomic E-state index is 6.30. The molecule has 0 aromatic carbocycles. The van der Waals surface area contributed by atoms with Gasteiger partial charge in [-0.15, -0.1) is 0 Å². The van der Waals surface area contributed by atoms with Crippen LogP contribution in [0.3, 0.4) is 0 Å². The topological polar surface area (TPSA) is 43.8 Å². The van der Waals surface area contributed by atoms with Gasteiger partial charge >= 0.3 is 0 Å². The van der Waals surface area contributed by atoms with Gasteiger partial charge in [-0.2, -0.15) is 5.10 Å². The SMILES string of the molecule is CCCCCCCCC(N)c1c(C)nn(C)c1C. The molecule has 18 heavy (non-hydrogen) atoms. The molecule has 1 rings (SSSR count). The number of nitrogens with two attached hydrogens (primary N) is 1. The number of unbranched alkanes of at least 4 members (excludes halogenated alkanes) is 5. The number of aromatic nitrogens is 2. The third kappa shape index (κ3) is 4.13. The average Bonchev–Trinajstić information content (AvgIpc) is 2.58. The van der Waals surface area contributed by atoms with Gasteiger partial charge in [0, 0.05) is 24.3 Å². The van der Waals surface area contributed by atoms with Gasteiger partial charge in [-0.3, -0.25) is 4.68 Å². The van der Waals surface area contributed by atoms with Crippen molar-refractivity contribution in [3.05, 3.63) is 17.0 Å². The van der Waals surface area contributed by atoms with E-state index < -0.39 is 0 Å². The van der Waals surface area contributed by atoms with E-state index >= 15 is 0 Å². The standard InChI is InChI=1S/C15H29N3/c1-5-6-7-8-9-10-11-14(16)15-12(2)17-18(4)13(15)3/h14H,5-11,16H2,1-4H3. The first-order chi connectivity index (χ1) is 8.57. The van der Waals surface area contributed by atoms with Crippen molar-refractivity contribution >= 4 is 0 Å². The summed E-state index contributed by atoms with van der Waals surface area (Å²) in [6.07, 6.45) is 9.03. The first-order valence-corrected chi connectivity index (χ1v) is 7.33. The van der Waals surface area contributed by atoms with Crippen molar-refractivity contribution in [2.45, 2.75) is 71.8 Å². The smallest absolute Gasteiger partial charge is 0.0644 e. The fourth-order valence-corrected chi connectivity index (χ4v) is 2.62. The van der Waals surface area contributed by atoms with Crippen molar-refractivity contribution in [1.29, 1.82) is 0 Å². The molecule has 0 aliphatic carbocycles. The summed E-state index contributed by atoms with van der Waals surface area (Å²) in [7, 11) is 1.99. The van der Waals surface area contributed by atoms with Crippen LogP contribution in [0.4, 0.5) is 0 Å². The predicted molar refractivity (Wildman–Crippen MR) is 77.6 cm³/mol. The molecule has 3 nitrogen and oxygen atoms in total. The van der Waals surface area contributed by atoms with Crippen molar-refractivity contribution in [2.24, 2.45) is 12.8 Å². The van der Waals surface area contributed by atoms with E-state index in [1.54, 1.807) is 0 Å². The van der Waals surface area contributed by atoms with E-state index in [9.17, 15) is 0 Å². The average molecular weight is 251 g/mol. The van der Waals surface area contributed by atoms with Crippen LogP contribution < -0.4 is 5.73 Å². The van der Waals surface area contributed by atoms with Crippen LogP contribution >= 0.6 is 0 Å². The molecule has 0 spiro atoms. The first-order valence-electron chi connectivity index (χ1n) is 7.33. The number of rotatable bonds is 8. The van der Waals surface area contributed by atoms with Gasteiger partial charge in [-0.05, 0) is 20.3 Å². The molecule has 1 heterocycles. The summed E-state index contributed by atoms with van der Waals surface area (Å²) < 4.78 is 1.94. The zero-order chi connectivity index (χ0) is 13.5. The van der Waals surface area contributed by atoms with E-state index in [0.29, 0.717) is 0 Å². The number of nitrogens with zero attached hydrogens (tertiary/aromatic N) is 2. The summed E-state index contributed by atoms with van der Waals surface area (Å²) in [4.78, 5) is 0. The van der Waals surface area contributed by atoms with Gasteiger partial charge in [0.15, 0.2) is 0 Å². The minimum absolute atomic E-state index is 0.157. The van der Waals surface area contributed by atoms with Crippen LogP contribution in [0.1, 0.15) is 74.9 Å². The quantitative estimate of drug-likeness (QED) is 0.714. The fourth-order valence-electron chi connectivity index (χ4n) is 2.62. The lowest BCUT2D eigenvalue weighted by molar-refractivity contribution is 0.544. The zero-order valence-electron chi connectivity index (χ0n) is 12.5. The Labute approximate surface area is 112 Å². The molecule has 0 radical (unpaired) electrons. The maximum absolute atomic E-state index is 6.30. The minimum atomic E-state index is 0.157. The lowest BCUT2D eigenvalue weighted by Gasteiger charge is -2.12. The fraction of sp³-hybridized carbons (Fsp3) is 0.800. The molecule has 0 aliphatic heterocycles. The third-order valence-corrected chi connectivity index (χ3v) is 3.80. The summed E-state index contributed by atoms with van der Waals surface area (Å²) in [5.41, 5.74) is 9.86. The second-order valence-electron chi connectivity index (χ2n) is 5.37. The molecular weight excluding hydrogens is 222 g/mol. The Bertz CT molecular complexity index is 355. The maximum Gasteiger partial charge on any atom is 0.0644 e. The summed E-state index contributed by atoms with van der Waals surface area (Å²) in [5, 5.41) is 4.44. The summed E-state index contributed by atoms with van der Waals surface area (Å²) in [5.74, 6) is 0. The predicted octanol–water partition coefficient (Wildman–Crippen LogP) is 3.79. The molecule has 3 heteroatoms. The van der Waals surface area contributed by atoms with Crippen LogP contribution in [-0.4, -0.2) is 9.78 Å². The lowest BCUT2D eigenvalue weighted by atomic mass is 9.99. The Morgan fingerprint density at radius 2 is 1.72 bits per heavy atom. The number of aryl methyl sites for hydroxylation is 2. The van der Waals surface area contributed by atoms with Crippen LogP contribution in [0.25, 0.3) is 0 Å². The van der Waals surface area contributed by atoms with Gasteiger partial charge in [-0.1, -0.05) is 45.4 Å². The van der Waals surface area contributed by atoms with Gasteiger partial charge in [0.1, 0.15) is 0 Å². The van der Waals surface area contributed by atoms with Crippen molar-refractivity contribution in [2.75, 3.05) is 0 Å². The van der Waals surface area contributed by atoms with Crippen LogP contribution in [0, 0.1) is 13.8 Å². The van der Waals surface area contributed by atoms with E-state index in [4.69, 9.17) is 5.73 Å². The highest BCUT2D eigenvalue weighted by Crippen LogP contribution is 2.23. The Morgan fingerprint density at radius 1 is 1.11 bits per heavy atom. The highest BCUT2D eigenvalue weighted by atomic mass is 15.3. The highest BCUT2D eigenvalue weighted by molar-refractivity contribution is 5.27.